The Kier molecular flexibility index (Phi) is 3.89. The van der Waals surface area contributed by atoms with E-state index in [0.29, 0.717) is 17.0 Å². The van der Waals surface area contributed by atoms with Crippen LogP contribution in [0.1, 0.15) is 13.8 Å². The zero-order chi connectivity index (χ0) is 12.4. The maximum atomic E-state index is 13.3. The minimum Gasteiger partial charge on any atom is -0.369 e. The first kappa shape index (κ1) is 12.7. The minimum atomic E-state index is -0.271. The van der Waals surface area contributed by atoms with Gasteiger partial charge in [0.05, 0.1) is 0 Å². The molecule has 0 amide bonds. The number of rotatable bonds is 2. The Hall–Kier alpha value is -0.800. The number of piperazine rings is 1. The highest BCUT2D eigenvalue weighted by atomic mass is 35.5. The number of hydrogen-bond donors (Lipinski definition) is 1. The van der Waals surface area contributed by atoms with Crippen molar-refractivity contribution in [3.63, 3.8) is 0 Å². The normalized spacial score (nSPS) is 21.0. The predicted molar refractivity (Wildman–Crippen MR) is 70.3 cm³/mol. The van der Waals surface area contributed by atoms with E-state index in [0.717, 1.165) is 25.3 Å². The van der Waals surface area contributed by atoms with Crippen molar-refractivity contribution in [3.05, 3.63) is 29.0 Å². The average Bonchev–Trinajstić information content (AvgIpc) is 2.28. The van der Waals surface area contributed by atoms with Gasteiger partial charge in [0.25, 0.3) is 0 Å². The Morgan fingerprint density at radius 3 is 2.82 bits per heavy atom. The molecule has 0 aromatic heterocycles. The second-order valence-electron chi connectivity index (χ2n) is 4.88. The van der Waals surface area contributed by atoms with Crippen LogP contribution in [-0.2, 0) is 0 Å². The maximum Gasteiger partial charge on any atom is 0.126 e. The first-order valence-electron chi connectivity index (χ1n) is 6.00. The molecule has 1 aromatic carbocycles. The summed E-state index contributed by atoms with van der Waals surface area (Å²) in [6, 6.07) is 5.17. The third kappa shape index (κ3) is 3.11. The smallest absolute Gasteiger partial charge is 0.126 e. The first-order valence-corrected chi connectivity index (χ1v) is 6.38. The SMILES string of the molecule is CC(C)C1CN(c2cc(F)cc(Cl)c2)CCN1. The summed E-state index contributed by atoms with van der Waals surface area (Å²) in [7, 11) is 0. The number of benzene rings is 1. The quantitative estimate of drug-likeness (QED) is 0.875. The van der Waals surface area contributed by atoms with Crippen molar-refractivity contribution < 1.29 is 4.39 Å². The fourth-order valence-corrected chi connectivity index (χ4v) is 2.40. The molecule has 1 atom stereocenters. The lowest BCUT2D eigenvalue weighted by atomic mass is 10.0. The van der Waals surface area contributed by atoms with Gasteiger partial charge < -0.3 is 10.2 Å². The largest absolute Gasteiger partial charge is 0.369 e. The van der Waals surface area contributed by atoms with Crippen molar-refractivity contribution in [2.75, 3.05) is 24.5 Å². The lowest BCUT2D eigenvalue weighted by Crippen LogP contribution is -2.53. The van der Waals surface area contributed by atoms with Crippen molar-refractivity contribution in [1.82, 2.24) is 5.32 Å². The topological polar surface area (TPSA) is 15.3 Å². The first-order chi connectivity index (χ1) is 8.06. The van der Waals surface area contributed by atoms with E-state index in [-0.39, 0.29) is 5.82 Å². The third-order valence-electron chi connectivity index (χ3n) is 3.22. The zero-order valence-electron chi connectivity index (χ0n) is 10.2. The number of anilines is 1. The molecule has 1 aliphatic heterocycles. The number of hydrogen-bond acceptors (Lipinski definition) is 2. The lowest BCUT2D eigenvalue weighted by Gasteiger charge is -2.37. The summed E-state index contributed by atoms with van der Waals surface area (Å²) in [5, 5.41) is 3.94. The number of nitrogens with one attached hydrogen (secondary N) is 1. The van der Waals surface area contributed by atoms with Gasteiger partial charge in [0.1, 0.15) is 5.82 Å². The van der Waals surface area contributed by atoms with Gasteiger partial charge in [-0.05, 0) is 24.1 Å². The molecule has 0 bridgehead atoms. The van der Waals surface area contributed by atoms with Gasteiger partial charge in [-0.1, -0.05) is 25.4 Å². The molecule has 0 aliphatic carbocycles. The number of halogens is 2. The molecule has 1 heterocycles. The van der Waals surface area contributed by atoms with Crippen LogP contribution in [0.4, 0.5) is 10.1 Å². The van der Waals surface area contributed by atoms with Crippen molar-refractivity contribution >= 4 is 17.3 Å². The average molecular weight is 257 g/mol. The van der Waals surface area contributed by atoms with E-state index in [1.165, 1.54) is 6.07 Å². The van der Waals surface area contributed by atoms with Crippen LogP contribution in [0.3, 0.4) is 0 Å². The van der Waals surface area contributed by atoms with Crippen LogP contribution in [0.5, 0.6) is 0 Å². The summed E-state index contributed by atoms with van der Waals surface area (Å²) < 4.78 is 13.3. The van der Waals surface area contributed by atoms with Gasteiger partial charge in [0.2, 0.25) is 0 Å². The molecule has 0 radical (unpaired) electrons. The molecule has 17 heavy (non-hydrogen) atoms. The van der Waals surface area contributed by atoms with Gasteiger partial charge in [0, 0.05) is 36.4 Å². The standard InChI is InChI=1S/C13H18ClFN2/c1-9(2)13-8-17(4-3-16-13)12-6-10(14)5-11(15)7-12/h5-7,9,13,16H,3-4,8H2,1-2H3. The summed E-state index contributed by atoms with van der Waals surface area (Å²) >= 11 is 5.89. The van der Waals surface area contributed by atoms with E-state index in [9.17, 15) is 4.39 Å². The highest BCUT2D eigenvalue weighted by molar-refractivity contribution is 6.30. The zero-order valence-corrected chi connectivity index (χ0v) is 11.0. The van der Waals surface area contributed by atoms with Crippen LogP contribution in [0.2, 0.25) is 5.02 Å². The van der Waals surface area contributed by atoms with Crippen molar-refractivity contribution in [3.8, 4) is 0 Å². The molecular weight excluding hydrogens is 239 g/mol. The van der Waals surface area contributed by atoms with Gasteiger partial charge in [-0.25, -0.2) is 4.39 Å². The molecule has 2 rings (SSSR count). The summed E-state index contributed by atoms with van der Waals surface area (Å²) in [4.78, 5) is 2.19. The fourth-order valence-electron chi connectivity index (χ4n) is 2.18. The molecule has 1 N–H and O–H groups in total. The van der Waals surface area contributed by atoms with Crippen molar-refractivity contribution in [1.29, 1.82) is 0 Å². The van der Waals surface area contributed by atoms with Crippen LogP contribution < -0.4 is 10.2 Å². The lowest BCUT2D eigenvalue weighted by molar-refractivity contribution is 0.368. The number of nitrogens with zero attached hydrogens (tertiary/aromatic N) is 1. The van der Waals surface area contributed by atoms with E-state index in [1.807, 2.05) is 6.07 Å². The molecule has 1 unspecified atom stereocenters. The van der Waals surface area contributed by atoms with Crippen LogP contribution in [-0.4, -0.2) is 25.7 Å². The fraction of sp³-hybridized carbons (Fsp3) is 0.538. The maximum absolute atomic E-state index is 13.3. The molecule has 1 aliphatic rings. The van der Waals surface area contributed by atoms with Crippen LogP contribution in [0, 0.1) is 11.7 Å². The molecule has 94 valence electrons. The van der Waals surface area contributed by atoms with E-state index >= 15 is 0 Å². The summed E-state index contributed by atoms with van der Waals surface area (Å²) in [6.45, 7) is 7.11. The second-order valence-corrected chi connectivity index (χ2v) is 5.31. The Morgan fingerprint density at radius 1 is 1.41 bits per heavy atom. The molecule has 0 saturated carbocycles. The van der Waals surface area contributed by atoms with E-state index in [4.69, 9.17) is 11.6 Å². The molecule has 1 saturated heterocycles. The highest BCUT2D eigenvalue weighted by Gasteiger charge is 2.22. The van der Waals surface area contributed by atoms with Crippen LogP contribution in [0.15, 0.2) is 18.2 Å². The monoisotopic (exact) mass is 256 g/mol. The molecule has 0 spiro atoms. The van der Waals surface area contributed by atoms with Crippen molar-refractivity contribution in [2.24, 2.45) is 5.92 Å². The predicted octanol–water partition coefficient (Wildman–Crippen LogP) is 2.91. The van der Waals surface area contributed by atoms with Gasteiger partial charge in [0.15, 0.2) is 0 Å². The van der Waals surface area contributed by atoms with Crippen molar-refractivity contribution in [2.45, 2.75) is 19.9 Å². The summed E-state index contributed by atoms with van der Waals surface area (Å²) in [6.07, 6.45) is 0. The van der Waals surface area contributed by atoms with E-state index in [2.05, 4.69) is 24.1 Å². The van der Waals surface area contributed by atoms with Crippen LogP contribution in [0.25, 0.3) is 0 Å². The molecule has 1 fully saturated rings. The van der Waals surface area contributed by atoms with Gasteiger partial charge in [-0.3, -0.25) is 0 Å². The van der Waals surface area contributed by atoms with Crippen LogP contribution >= 0.6 is 11.6 Å². The molecule has 1 aromatic rings. The molecular formula is C13H18ClFN2. The minimum absolute atomic E-state index is 0.271. The molecule has 2 nitrogen and oxygen atoms in total. The molecule has 4 heteroatoms. The third-order valence-corrected chi connectivity index (χ3v) is 3.44. The van der Waals surface area contributed by atoms with E-state index in [1.54, 1.807) is 6.07 Å². The van der Waals surface area contributed by atoms with Gasteiger partial charge in [-0.2, -0.15) is 0 Å². The second kappa shape index (κ2) is 5.23. The summed E-state index contributed by atoms with van der Waals surface area (Å²) in [5.41, 5.74) is 0.877. The Bertz CT molecular complexity index is 375. The van der Waals surface area contributed by atoms with Gasteiger partial charge >= 0.3 is 0 Å². The Labute approximate surface area is 107 Å². The summed E-state index contributed by atoms with van der Waals surface area (Å²) in [5.74, 6) is 0.300. The highest BCUT2D eigenvalue weighted by Crippen LogP contribution is 2.23. The van der Waals surface area contributed by atoms with E-state index < -0.39 is 0 Å². The van der Waals surface area contributed by atoms with Gasteiger partial charge in [-0.15, -0.1) is 0 Å². The Balaban J connectivity index is 2.16. The Morgan fingerprint density at radius 2 is 2.18 bits per heavy atom.